The first-order valence-electron chi connectivity index (χ1n) is 3.68. The maximum atomic E-state index is 11.6. The predicted octanol–water partition coefficient (Wildman–Crippen LogP) is 2.03. The van der Waals surface area contributed by atoms with E-state index in [1.807, 2.05) is 13.8 Å². The number of nitrogens with one attached hydrogen (secondary N) is 1. The summed E-state index contributed by atoms with van der Waals surface area (Å²) >= 11 is 0. The Morgan fingerprint density at radius 1 is 1.40 bits per heavy atom. The van der Waals surface area contributed by atoms with Crippen LogP contribution in [-0.4, -0.2) is 19.0 Å². The lowest BCUT2D eigenvalue weighted by Crippen LogP contribution is -2.30. The Balaban J connectivity index is 3.12. The van der Waals surface area contributed by atoms with Gasteiger partial charge in [-0.25, -0.2) is 8.78 Å². The molecule has 0 aromatic heterocycles. The Labute approximate surface area is 60.8 Å². The van der Waals surface area contributed by atoms with Crippen LogP contribution in [0.1, 0.15) is 26.7 Å². The second-order valence-corrected chi connectivity index (χ2v) is 2.49. The third-order valence-corrected chi connectivity index (χ3v) is 1.34. The lowest BCUT2D eigenvalue weighted by molar-refractivity contribution is 0.141. The fourth-order valence-electron chi connectivity index (χ4n) is 0.825. The van der Waals surface area contributed by atoms with Gasteiger partial charge in [-0.2, -0.15) is 0 Å². The molecule has 0 saturated heterocycles. The van der Waals surface area contributed by atoms with Gasteiger partial charge in [-0.3, -0.25) is 0 Å². The molecule has 0 amide bonds. The Hall–Kier alpha value is -0.180. The first-order valence-corrected chi connectivity index (χ1v) is 3.68. The molecule has 1 N–H and O–H groups in total. The average Bonchev–Trinajstić information content (AvgIpc) is 1.85. The van der Waals surface area contributed by atoms with Crippen molar-refractivity contribution in [3.8, 4) is 0 Å². The van der Waals surface area contributed by atoms with Gasteiger partial charge in [0.25, 0.3) is 6.43 Å². The van der Waals surface area contributed by atoms with Crippen LogP contribution in [0.2, 0.25) is 0 Å². The monoisotopic (exact) mass is 151 g/mol. The fourth-order valence-corrected chi connectivity index (χ4v) is 0.825. The molecule has 10 heavy (non-hydrogen) atoms. The summed E-state index contributed by atoms with van der Waals surface area (Å²) < 4.78 is 23.1. The van der Waals surface area contributed by atoms with Crippen LogP contribution in [-0.2, 0) is 0 Å². The van der Waals surface area contributed by atoms with Gasteiger partial charge in [-0.05, 0) is 13.3 Å². The van der Waals surface area contributed by atoms with Gasteiger partial charge in [0, 0.05) is 6.04 Å². The molecule has 0 aliphatic heterocycles. The number of rotatable bonds is 5. The molecule has 0 fully saturated rings. The van der Waals surface area contributed by atoms with Crippen LogP contribution in [0.5, 0.6) is 0 Å². The third kappa shape index (κ3) is 5.95. The summed E-state index contributed by atoms with van der Waals surface area (Å²) in [5, 5.41) is 2.73. The molecule has 0 saturated carbocycles. The molecule has 0 bridgehead atoms. The highest BCUT2D eigenvalue weighted by Crippen LogP contribution is 1.96. The standard InChI is InChI=1S/C7H15F2N/c1-3-4-6(2)10-5-7(8)9/h6-7,10H,3-5H2,1-2H3. The molecule has 0 heterocycles. The van der Waals surface area contributed by atoms with Gasteiger partial charge in [-0.15, -0.1) is 0 Å². The molecule has 0 radical (unpaired) electrons. The molecule has 0 aliphatic carbocycles. The molecule has 62 valence electrons. The van der Waals surface area contributed by atoms with Crippen LogP contribution in [0.3, 0.4) is 0 Å². The minimum absolute atomic E-state index is 0.179. The summed E-state index contributed by atoms with van der Waals surface area (Å²) in [6, 6.07) is 0.221. The van der Waals surface area contributed by atoms with E-state index in [1.54, 1.807) is 0 Å². The average molecular weight is 151 g/mol. The summed E-state index contributed by atoms with van der Waals surface area (Å²) in [5.41, 5.74) is 0. The zero-order valence-corrected chi connectivity index (χ0v) is 6.53. The van der Waals surface area contributed by atoms with Crippen LogP contribution in [0.15, 0.2) is 0 Å². The van der Waals surface area contributed by atoms with Crippen molar-refractivity contribution in [2.24, 2.45) is 0 Å². The van der Waals surface area contributed by atoms with Crippen molar-refractivity contribution >= 4 is 0 Å². The molecular formula is C7H15F2N. The van der Waals surface area contributed by atoms with Crippen LogP contribution in [0.25, 0.3) is 0 Å². The second kappa shape index (κ2) is 5.59. The van der Waals surface area contributed by atoms with Gasteiger partial charge in [0.15, 0.2) is 0 Å². The van der Waals surface area contributed by atoms with Crippen LogP contribution >= 0.6 is 0 Å². The molecule has 0 rings (SSSR count). The number of alkyl halides is 2. The van der Waals surface area contributed by atoms with Gasteiger partial charge in [0.05, 0.1) is 6.54 Å². The molecule has 1 nitrogen and oxygen atoms in total. The molecule has 1 atom stereocenters. The first kappa shape index (κ1) is 9.82. The minimum Gasteiger partial charge on any atom is -0.309 e. The maximum absolute atomic E-state index is 11.6. The summed E-state index contributed by atoms with van der Waals surface area (Å²) in [4.78, 5) is 0. The maximum Gasteiger partial charge on any atom is 0.250 e. The fraction of sp³-hybridized carbons (Fsp3) is 1.00. The van der Waals surface area contributed by atoms with E-state index in [0.717, 1.165) is 12.8 Å². The van der Waals surface area contributed by atoms with E-state index >= 15 is 0 Å². The number of hydrogen-bond acceptors (Lipinski definition) is 1. The van der Waals surface area contributed by atoms with Gasteiger partial charge in [0.2, 0.25) is 0 Å². The first-order chi connectivity index (χ1) is 4.66. The Kier molecular flexibility index (Phi) is 5.49. The van der Waals surface area contributed by atoms with E-state index in [1.165, 1.54) is 0 Å². The zero-order valence-electron chi connectivity index (χ0n) is 6.53. The van der Waals surface area contributed by atoms with Crippen LogP contribution in [0, 0.1) is 0 Å². The molecule has 1 unspecified atom stereocenters. The quantitative estimate of drug-likeness (QED) is 0.634. The van der Waals surface area contributed by atoms with Crippen molar-refractivity contribution in [2.75, 3.05) is 6.54 Å². The van der Waals surface area contributed by atoms with Crippen LogP contribution < -0.4 is 5.32 Å². The van der Waals surface area contributed by atoms with Crippen molar-refractivity contribution in [1.82, 2.24) is 5.32 Å². The molecule has 0 spiro atoms. The van der Waals surface area contributed by atoms with E-state index in [0.29, 0.717) is 0 Å². The normalized spacial score (nSPS) is 14.1. The third-order valence-electron chi connectivity index (χ3n) is 1.34. The summed E-state index contributed by atoms with van der Waals surface area (Å²) in [6.07, 6.45) is -0.219. The molecule has 3 heteroatoms. The summed E-state index contributed by atoms with van der Waals surface area (Å²) in [5.74, 6) is 0. The molecule has 0 aromatic carbocycles. The predicted molar refractivity (Wildman–Crippen MR) is 38.4 cm³/mol. The highest BCUT2D eigenvalue weighted by atomic mass is 19.3. The van der Waals surface area contributed by atoms with E-state index < -0.39 is 6.43 Å². The second-order valence-electron chi connectivity index (χ2n) is 2.49. The van der Waals surface area contributed by atoms with E-state index in [4.69, 9.17) is 0 Å². The van der Waals surface area contributed by atoms with Crippen molar-refractivity contribution in [2.45, 2.75) is 39.2 Å². The summed E-state index contributed by atoms with van der Waals surface area (Å²) in [7, 11) is 0. The van der Waals surface area contributed by atoms with Crippen molar-refractivity contribution in [3.05, 3.63) is 0 Å². The van der Waals surface area contributed by atoms with Gasteiger partial charge in [-0.1, -0.05) is 13.3 Å². The van der Waals surface area contributed by atoms with Crippen molar-refractivity contribution in [3.63, 3.8) is 0 Å². The summed E-state index contributed by atoms with van der Waals surface area (Å²) in [6.45, 7) is 3.79. The highest BCUT2D eigenvalue weighted by molar-refractivity contribution is 4.59. The van der Waals surface area contributed by atoms with E-state index in [-0.39, 0.29) is 12.6 Å². The minimum atomic E-state index is -2.22. The highest BCUT2D eigenvalue weighted by Gasteiger charge is 2.04. The van der Waals surface area contributed by atoms with Gasteiger partial charge >= 0.3 is 0 Å². The largest absolute Gasteiger partial charge is 0.309 e. The Morgan fingerprint density at radius 3 is 2.40 bits per heavy atom. The smallest absolute Gasteiger partial charge is 0.250 e. The van der Waals surface area contributed by atoms with Gasteiger partial charge in [0.1, 0.15) is 0 Å². The van der Waals surface area contributed by atoms with E-state index in [9.17, 15) is 8.78 Å². The van der Waals surface area contributed by atoms with Gasteiger partial charge < -0.3 is 5.32 Å². The topological polar surface area (TPSA) is 12.0 Å². The molecule has 0 aliphatic rings. The van der Waals surface area contributed by atoms with Crippen molar-refractivity contribution < 1.29 is 8.78 Å². The van der Waals surface area contributed by atoms with Crippen LogP contribution in [0.4, 0.5) is 8.78 Å². The lowest BCUT2D eigenvalue weighted by Gasteiger charge is -2.11. The Bertz CT molecular complexity index is 76.0. The number of halogens is 2. The molecule has 0 aromatic rings. The number of hydrogen-bond donors (Lipinski definition) is 1. The van der Waals surface area contributed by atoms with E-state index in [2.05, 4.69) is 5.32 Å². The Morgan fingerprint density at radius 2 is 2.00 bits per heavy atom. The lowest BCUT2D eigenvalue weighted by atomic mass is 10.2. The van der Waals surface area contributed by atoms with Crippen molar-refractivity contribution in [1.29, 1.82) is 0 Å². The SMILES string of the molecule is CCCC(C)NCC(F)F. The molecular weight excluding hydrogens is 136 g/mol. The zero-order chi connectivity index (χ0) is 7.98.